The molecule has 2 heterocycles. The molecule has 1 aliphatic rings. The molecule has 0 bridgehead atoms. The molecule has 142 valence electrons. The molecule has 2 atom stereocenters. The number of hydrogen-bond acceptors (Lipinski definition) is 5. The third kappa shape index (κ3) is 5.27. The summed E-state index contributed by atoms with van der Waals surface area (Å²) < 4.78 is 10.9. The van der Waals surface area contributed by atoms with Crippen molar-refractivity contribution in [3.8, 4) is 5.88 Å². The molecule has 27 heavy (non-hydrogen) atoms. The van der Waals surface area contributed by atoms with Crippen LogP contribution in [0.3, 0.4) is 0 Å². The lowest BCUT2D eigenvalue weighted by Crippen LogP contribution is -2.48. The fraction of sp³-hybridized carbons (Fsp3) is 0.350. The van der Waals surface area contributed by atoms with Gasteiger partial charge in [0, 0.05) is 24.8 Å². The Labute approximate surface area is 157 Å². The van der Waals surface area contributed by atoms with Crippen LogP contribution in [0.4, 0.5) is 0 Å². The average Bonchev–Trinajstić information content (AvgIpc) is 2.72. The summed E-state index contributed by atoms with van der Waals surface area (Å²) in [5.74, 6) is -1.38. The molecular weight excluding hydrogens is 348 g/mol. The highest BCUT2D eigenvalue weighted by Gasteiger charge is 2.31. The first-order chi connectivity index (χ1) is 13.1. The minimum atomic E-state index is -1.06. The maximum atomic E-state index is 12.4. The van der Waals surface area contributed by atoms with Crippen molar-refractivity contribution in [3.63, 3.8) is 0 Å². The quantitative estimate of drug-likeness (QED) is 0.776. The SMILES string of the molecule is O=C(NC(C(=O)O)C1CCCOC1)c1ccc(OCc2ccccc2)nc1. The number of aromatic nitrogens is 1. The molecule has 7 heteroatoms. The predicted octanol–water partition coefficient (Wildman–Crippen LogP) is 2.27. The van der Waals surface area contributed by atoms with Crippen LogP contribution in [0.2, 0.25) is 0 Å². The van der Waals surface area contributed by atoms with Crippen molar-refractivity contribution in [3.05, 3.63) is 59.8 Å². The molecule has 1 aliphatic heterocycles. The van der Waals surface area contributed by atoms with Gasteiger partial charge in [0.2, 0.25) is 5.88 Å². The molecule has 2 unspecified atom stereocenters. The summed E-state index contributed by atoms with van der Waals surface area (Å²) in [4.78, 5) is 28.1. The van der Waals surface area contributed by atoms with E-state index in [1.807, 2.05) is 30.3 Å². The third-order valence-electron chi connectivity index (χ3n) is 4.45. The third-order valence-corrected chi connectivity index (χ3v) is 4.45. The van der Waals surface area contributed by atoms with Crippen LogP contribution in [-0.2, 0) is 16.1 Å². The fourth-order valence-corrected chi connectivity index (χ4v) is 2.97. The van der Waals surface area contributed by atoms with Gasteiger partial charge >= 0.3 is 5.97 Å². The van der Waals surface area contributed by atoms with Crippen molar-refractivity contribution in [1.29, 1.82) is 0 Å². The average molecular weight is 370 g/mol. The number of nitrogens with one attached hydrogen (secondary N) is 1. The zero-order valence-electron chi connectivity index (χ0n) is 14.8. The van der Waals surface area contributed by atoms with Gasteiger partial charge in [-0.05, 0) is 24.5 Å². The molecule has 2 N–H and O–H groups in total. The lowest BCUT2D eigenvalue weighted by Gasteiger charge is -2.28. The van der Waals surface area contributed by atoms with E-state index < -0.39 is 17.9 Å². The molecule has 0 radical (unpaired) electrons. The van der Waals surface area contributed by atoms with Crippen LogP contribution in [0.1, 0.15) is 28.8 Å². The highest BCUT2D eigenvalue weighted by atomic mass is 16.5. The highest BCUT2D eigenvalue weighted by Crippen LogP contribution is 2.18. The molecule has 0 aliphatic carbocycles. The van der Waals surface area contributed by atoms with E-state index >= 15 is 0 Å². The lowest BCUT2D eigenvalue weighted by molar-refractivity contribution is -0.142. The van der Waals surface area contributed by atoms with Crippen LogP contribution < -0.4 is 10.1 Å². The maximum Gasteiger partial charge on any atom is 0.326 e. The summed E-state index contributed by atoms with van der Waals surface area (Å²) in [5, 5.41) is 12.0. The van der Waals surface area contributed by atoms with Crippen molar-refractivity contribution in [2.45, 2.75) is 25.5 Å². The number of hydrogen-bond donors (Lipinski definition) is 2. The number of amides is 1. The molecule has 1 aromatic heterocycles. The molecule has 0 spiro atoms. The minimum Gasteiger partial charge on any atom is -0.480 e. The summed E-state index contributed by atoms with van der Waals surface area (Å²) in [7, 11) is 0. The number of ether oxygens (including phenoxy) is 2. The van der Waals surface area contributed by atoms with E-state index in [9.17, 15) is 14.7 Å². The van der Waals surface area contributed by atoms with Crippen LogP contribution in [0, 0.1) is 5.92 Å². The zero-order chi connectivity index (χ0) is 19.1. The van der Waals surface area contributed by atoms with Gasteiger partial charge in [-0.3, -0.25) is 4.79 Å². The summed E-state index contributed by atoms with van der Waals surface area (Å²) in [6.45, 7) is 1.34. The molecule has 7 nitrogen and oxygen atoms in total. The molecule has 1 aromatic carbocycles. The van der Waals surface area contributed by atoms with E-state index in [0.717, 1.165) is 12.0 Å². The number of carboxylic acid groups (broad SMARTS) is 1. The number of carbonyl (C=O) groups is 2. The zero-order valence-corrected chi connectivity index (χ0v) is 14.8. The van der Waals surface area contributed by atoms with Gasteiger partial charge in [-0.15, -0.1) is 0 Å². The Hall–Kier alpha value is -2.93. The van der Waals surface area contributed by atoms with Gasteiger partial charge in [-0.1, -0.05) is 30.3 Å². The standard InChI is InChI=1S/C20H22N2O5/c23-19(22-18(20(24)25)16-7-4-10-26-13-16)15-8-9-17(21-11-15)27-12-14-5-2-1-3-6-14/h1-3,5-6,8-9,11,16,18H,4,7,10,12-13H2,(H,22,23)(H,24,25). The first kappa shape index (κ1) is 18.8. The van der Waals surface area contributed by atoms with Crippen LogP contribution in [0.25, 0.3) is 0 Å². The second-order valence-electron chi connectivity index (χ2n) is 6.43. The summed E-state index contributed by atoms with van der Waals surface area (Å²) in [5.41, 5.74) is 1.30. The Balaban J connectivity index is 1.58. The Morgan fingerprint density at radius 3 is 2.70 bits per heavy atom. The van der Waals surface area contributed by atoms with E-state index in [0.29, 0.717) is 32.1 Å². The first-order valence-electron chi connectivity index (χ1n) is 8.87. The number of rotatable bonds is 7. The van der Waals surface area contributed by atoms with Gasteiger partial charge in [0.15, 0.2) is 0 Å². The summed E-state index contributed by atoms with van der Waals surface area (Å²) >= 11 is 0. The van der Waals surface area contributed by atoms with Crippen LogP contribution >= 0.6 is 0 Å². The topological polar surface area (TPSA) is 97.8 Å². The van der Waals surface area contributed by atoms with Crippen molar-refractivity contribution in [2.24, 2.45) is 5.92 Å². The summed E-state index contributed by atoms with van der Waals surface area (Å²) in [6.07, 6.45) is 2.88. The Kier molecular flexibility index (Phi) is 6.38. The maximum absolute atomic E-state index is 12.4. The van der Waals surface area contributed by atoms with Crippen LogP contribution in [0.15, 0.2) is 48.7 Å². The van der Waals surface area contributed by atoms with Crippen molar-refractivity contribution in [1.82, 2.24) is 10.3 Å². The fourth-order valence-electron chi connectivity index (χ4n) is 2.97. The predicted molar refractivity (Wildman–Crippen MR) is 97.4 cm³/mol. The van der Waals surface area contributed by atoms with Crippen LogP contribution in [0.5, 0.6) is 5.88 Å². The lowest BCUT2D eigenvalue weighted by atomic mass is 9.93. The van der Waals surface area contributed by atoms with Gasteiger partial charge in [0.1, 0.15) is 12.6 Å². The van der Waals surface area contributed by atoms with E-state index in [1.165, 1.54) is 6.20 Å². The van der Waals surface area contributed by atoms with E-state index in [4.69, 9.17) is 9.47 Å². The molecule has 1 saturated heterocycles. The largest absolute Gasteiger partial charge is 0.480 e. The monoisotopic (exact) mass is 370 g/mol. The second-order valence-corrected chi connectivity index (χ2v) is 6.43. The van der Waals surface area contributed by atoms with Crippen molar-refractivity contribution >= 4 is 11.9 Å². The molecule has 2 aromatic rings. The first-order valence-corrected chi connectivity index (χ1v) is 8.87. The number of carbonyl (C=O) groups excluding carboxylic acids is 1. The van der Waals surface area contributed by atoms with E-state index in [1.54, 1.807) is 12.1 Å². The van der Waals surface area contributed by atoms with Gasteiger partial charge in [-0.25, -0.2) is 9.78 Å². The Morgan fingerprint density at radius 1 is 1.26 bits per heavy atom. The second kappa shape index (κ2) is 9.14. The normalized spacial score (nSPS) is 17.7. The molecule has 3 rings (SSSR count). The minimum absolute atomic E-state index is 0.235. The highest BCUT2D eigenvalue weighted by molar-refractivity contribution is 5.96. The Bertz CT molecular complexity index is 758. The van der Waals surface area contributed by atoms with E-state index in [2.05, 4.69) is 10.3 Å². The van der Waals surface area contributed by atoms with Crippen molar-refractivity contribution in [2.75, 3.05) is 13.2 Å². The van der Waals surface area contributed by atoms with Crippen molar-refractivity contribution < 1.29 is 24.2 Å². The molecule has 0 saturated carbocycles. The smallest absolute Gasteiger partial charge is 0.326 e. The molecular formula is C20H22N2O5. The Morgan fingerprint density at radius 2 is 2.07 bits per heavy atom. The molecule has 1 fully saturated rings. The van der Waals surface area contributed by atoms with Gasteiger partial charge in [0.05, 0.1) is 12.2 Å². The van der Waals surface area contributed by atoms with E-state index in [-0.39, 0.29) is 11.5 Å². The number of aliphatic carboxylic acids is 1. The van der Waals surface area contributed by atoms with Gasteiger partial charge < -0.3 is 19.9 Å². The number of benzene rings is 1. The van der Waals surface area contributed by atoms with Gasteiger partial charge in [0.25, 0.3) is 5.91 Å². The summed E-state index contributed by atoms with van der Waals surface area (Å²) in [6, 6.07) is 11.9. The van der Waals surface area contributed by atoms with Crippen LogP contribution in [-0.4, -0.2) is 41.2 Å². The number of carboxylic acids is 1. The number of pyridine rings is 1. The molecule has 1 amide bonds. The van der Waals surface area contributed by atoms with Gasteiger partial charge in [-0.2, -0.15) is 0 Å². The number of nitrogens with zero attached hydrogens (tertiary/aromatic N) is 1.